The van der Waals surface area contributed by atoms with Crippen LogP contribution in [0.4, 0.5) is 5.95 Å². The van der Waals surface area contributed by atoms with E-state index in [4.69, 9.17) is 9.84 Å². The highest BCUT2D eigenvalue weighted by Gasteiger charge is 2.21. The van der Waals surface area contributed by atoms with Crippen molar-refractivity contribution in [2.45, 2.75) is 12.8 Å². The molecule has 2 rings (SSSR count). The molecular weight excluding hydrogens is 206 g/mol. The normalized spacial score (nSPS) is 20.9. The van der Waals surface area contributed by atoms with Crippen LogP contribution in [-0.2, 0) is 0 Å². The van der Waals surface area contributed by atoms with Crippen LogP contribution in [0, 0.1) is 5.92 Å². The van der Waals surface area contributed by atoms with Crippen LogP contribution < -0.4 is 9.64 Å². The molecule has 1 fully saturated rings. The summed E-state index contributed by atoms with van der Waals surface area (Å²) < 4.78 is 5.07. The van der Waals surface area contributed by atoms with Gasteiger partial charge in [0, 0.05) is 32.0 Å². The van der Waals surface area contributed by atoms with E-state index in [0.717, 1.165) is 25.9 Å². The molecule has 16 heavy (non-hydrogen) atoms. The second-order valence-electron chi connectivity index (χ2n) is 4.04. The minimum atomic E-state index is 0.237. The first-order valence-electron chi connectivity index (χ1n) is 5.56. The molecule has 0 unspecified atom stereocenters. The van der Waals surface area contributed by atoms with Gasteiger partial charge in [0.15, 0.2) is 0 Å². The highest BCUT2D eigenvalue weighted by molar-refractivity contribution is 5.32. The Hall–Kier alpha value is -1.36. The van der Waals surface area contributed by atoms with Gasteiger partial charge < -0.3 is 14.7 Å². The Balaban J connectivity index is 2.10. The average Bonchev–Trinajstić information content (AvgIpc) is 2.39. The third-order valence-electron chi connectivity index (χ3n) is 2.89. The van der Waals surface area contributed by atoms with E-state index < -0.39 is 0 Å². The van der Waals surface area contributed by atoms with Crippen LogP contribution >= 0.6 is 0 Å². The predicted octanol–water partition coefficient (Wildman–Crippen LogP) is 0.694. The Kier molecular flexibility index (Phi) is 3.56. The molecule has 0 saturated carbocycles. The number of nitrogens with zero attached hydrogens (tertiary/aromatic N) is 3. The molecule has 5 heteroatoms. The summed E-state index contributed by atoms with van der Waals surface area (Å²) in [4.78, 5) is 10.6. The highest BCUT2D eigenvalue weighted by Crippen LogP contribution is 2.20. The second-order valence-corrected chi connectivity index (χ2v) is 4.04. The van der Waals surface area contributed by atoms with Crippen LogP contribution in [0.25, 0.3) is 0 Å². The molecule has 0 aliphatic carbocycles. The first kappa shape index (κ1) is 11.1. The largest absolute Gasteiger partial charge is 0.481 e. The van der Waals surface area contributed by atoms with Gasteiger partial charge in [0.05, 0.1) is 7.11 Å². The molecule has 1 aromatic rings. The fraction of sp³-hybridized carbons (Fsp3) is 0.636. The minimum Gasteiger partial charge on any atom is -0.481 e. The van der Waals surface area contributed by atoms with Gasteiger partial charge in [0.2, 0.25) is 11.8 Å². The zero-order valence-corrected chi connectivity index (χ0v) is 9.46. The van der Waals surface area contributed by atoms with Crippen LogP contribution in [-0.4, -0.2) is 41.9 Å². The summed E-state index contributed by atoms with van der Waals surface area (Å²) in [5, 5.41) is 9.16. The van der Waals surface area contributed by atoms with Crippen LogP contribution in [0.2, 0.25) is 0 Å². The number of piperidine rings is 1. The van der Waals surface area contributed by atoms with Crippen molar-refractivity contribution in [2.75, 3.05) is 31.7 Å². The fourth-order valence-electron chi connectivity index (χ4n) is 1.99. The number of rotatable bonds is 3. The van der Waals surface area contributed by atoms with Gasteiger partial charge in [-0.05, 0) is 18.8 Å². The summed E-state index contributed by atoms with van der Waals surface area (Å²) in [6, 6.07) is 1.73. The molecule has 1 aliphatic heterocycles. The van der Waals surface area contributed by atoms with Gasteiger partial charge in [0.1, 0.15) is 0 Å². The standard InChI is InChI=1S/C11H17N3O2/c1-16-10-4-5-12-11(13-10)14-6-2-3-9(7-14)8-15/h4-5,9,15H,2-3,6-8H2,1H3/t9-/m1/s1. The van der Waals surface area contributed by atoms with E-state index in [1.807, 2.05) is 0 Å². The first-order valence-corrected chi connectivity index (χ1v) is 5.56. The molecule has 5 nitrogen and oxygen atoms in total. The summed E-state index contributed by atoms with van der Waals surface area (Å²) >= 11 is 0. The number of hydrogen-bond acceptors (Lipinski definition) is 5. The molecule has 0 bridgehead atoms. The summed E-state index contributed by atoms with van der Waals surface area (Å²) in [5.74, 6) is 1.61. The average molecular weight is 223 g/mol. The molecular formula is C11H17N3O2. The maximum absolute atomic E-state index is 9.16. The summed E-state index contributed by atoms with van der Waals surface area (Å²) in [6.45, 7) is 2.01. The third-order valence-corrected chi connectivity index (χ3v) is 2.89. The Bertz CT molecular complexity index is 346. The lowest BCUT2D eigenvalue weighted by Gasteiger charge is -2.31. The zero-order valence-electron chi connectivity index (χ0n) is 9.46. The number of methoxy groups -OCH3 is 1. The Labute approximate surface area is 95.1 Å². The predicted molar refractivity (Wildman–Crippen MR) is 60.6 cm³/mol. The number of aliphatic hydroxyl groups is 1. The Morgan fingerprint density at radius 3 is 3.25 bits per heavy atom. The molecule has 0 spiro atoms. The number of anilines is 1. The first-order chi connectivity index (χ1) is 7.83. The minimum absolute atomic E-state index is 0.237. The van der Waals surface area contributed by atoms with Crippen molar-refractivity contribution in [1.82, 2.24) is 9.97 Å². The maximum Gasteiger partial charge on any atom is 0.228 e. The second kappa shape index (κ2) is 5.12. The van der Waals surface area contributed by atoms with E-state index >= 15 is 0 Å². The number of ether oxygens (including phenoxy) is 1. The lowest BCUT2D eigenvalue weighted by Crippen LogP contribution is -2.37. The lowest BCUT2D eigenvalue weighted by molar-refractivity contribution is 0.208. The fourth-order valence-corrected chi connectivity index (χ4v) is 1.99. The number of aromatic nitrogens is 2. The smallest absolute Gasteiger partial charge is 0.228 e. The van der Waals surface area contributed by atoms with Gasteiger partial charge in [-0.2, -0.15) is 4.98 Å². The van der Waals surface area contributed by atoms with Crippen molar-refractivity contribution >= 4 is 5.95 Å². The van der Waals surface area contributed by atoms with E-state index in [-0.39, 0.29) is 6.61 Å². The van der Waals surface area contributed by atoms with Gasteiger partial charge in [-0.25, -0.2) is 4.98 Å². The number of hydrogen-bond donors (Lipinski definition) is 1. The van der Waals surface area contributed by atoms with Gasteiger partial charge in [-0.1, -0.05) is 0 Å². The topological polar surface area (TPSA) is 58.5 Å². The Morgan fingerprint density at radius 1 is 1.62 bits per heavy atom. The van der Waals surface area contributed by atoms with Crippen LogP contribution in [0.5, 0.6) is 5.88 Å². The maximum atomic E-state index is 9.16. The highest BCUT2D eigenvalue weighted by atomic mass is 16.5. The van der Waals surface area contributed by atoms with Crippen molar-refractivity contribution in [2.24, 2.45) is 5.92 Å². The molecule has 88 valence electrons. The van der Waals surface area contributed by atoms with Crippen LogP contribution in [0.3, 0.4) is 0 Å². The van der Waals surface area contributed by atoms with E-state index in [9.17, 15) is 0 Å². The summed E-state index contributed by atoms with van der Waals surface area (Å²) in [5.41, 5.74) is 0. The SMILES string of the molecule is COc1ccnc(N2CCC[C@@H](CO)C2)n1. The quantitative estimate of drug-likeness (QED) is 0.817. The monoisotopic (exact) mass is 223 g/mol. The van der Waals surface area contributed by atoms with E-state index in [0.29, 0.717) is 17.7 Å². The van der Waals surface area contributed by atoms with E-state index in [2.05, 4.69) is 14.9 Å². The van der Waals surface area contributed by atoms with Gasteiger partial charge in [0.25, 0.3) is 0 Å². The molecule has 0 amide bonds. The molecule has 1 N–H and O–H groups in total. The lowest BCUT2D eigenvalue weighted by atomic mass is 9.99. The Morgan fingerprint density at radius 2 is 2.50 bits per heavy atom. The van der Waals surface area contributed by atoms with Crippen molar-refractivity contribution in [1.29, 1.82) is 0 Å². The van der Waals surface area contributed by atoms with E-state index in [1.54, 1.807) is 19.4 Å². The molecule has 1 atom stereocenters. The van der Waals surface area contributed by atoms with Crippen molar-refractivity contribution in [3.63, 3.8) is 0 Å². The molecule has 1 aromatic heterocycles. The van der Waals surface area contributed by atoms with Gasteiger partial charge >= 0.3 is 0 Å². The van der Waals surface area contributed by atoms with Crippen LogP contribution in [0.1, 0.15) is 12.8 Å². The van der Waals surface area contributed by atoms with Crippen molar-refractivity contribution in [3.8, 4) is 5.88 Å². The van der Waals surface area contributed by atoms with E-state index in [1.165, 1.54) is 0 Å². The number of aliphatic hydroxyl groups excluding tert-OH is 1. The molecule has 0 radical (unpaired) electrons. The molecule has 0 aromatic carbocycles. The third kappa shape index (κ3) is 2.41. The van der Waals surface area contributed by atoms with Crippen LogP contribution in [0.15, 0.2) is 12.3 Å². The zero-order chi connectivity index (χ0) is 11.4. The molecule has 1 aliphatic rings. The van der Waals surface area contributed by atoms with Crippen molar-refractivity contribution < 1.29 is 9.84 Å². The summed E-state index contributed by atoms with van der Waals surface area (Å²) in [7, 11) is 1.60. The van der Waals surface area contributed by atoms with Gasteiger partial charge in [-0.3, -0.25) is 0 Å². The summed E-state index contributed by atoms with van der Waals surface area (Å²) in [6.07, 6.45) is 3.85. The van der Waals surface area contributed by atoms with Gasteiger partial charge in [-0.15, -0.1) is 0 Å². The molecule has 1 saturated heterocycles. The van der Waals surface area contributed by atoms with Crippen molar-refractivity contribution in [3.05, 3.63) is 12.3 Å². The molecule has 2 heterocycles.